The van der Waals surface area contributed by atoms with Gasteiger partial charge in [0.1, 0.15) is 11.7 Å². The molecule has 0 aliphatic rings. The van der Waals surface area contributed by atoms with E-state index in [1.165, 1.54) is 12.5 Å². The zero-order valence-electron chi connectivity index (χ0n) is 15.9. The summed E-state index contributed by atoms with van der Waals surface area (Å²) in [5, 5.41) is 11.5. The molecule has 6 heteroatoms. The van der Waals surface area contributed by atoms with Crippen LogP contribution in [0.3, 0.4) is 0 Å². The third-order valence-corrected chi connectivity index (χ3v) is 4.80. The Balaban J connectivity index is 2.09. The lowest BCUT2D eigenvalue weighted by atomic mass is 10.0. The number of fused-ring (bicyclic) bond motifs is 1. The molecule has 1 unspecified atom stereocenters. The number of carbonyl (C=O) groups excluding carboxylic acids is 1. The highest BCUT2D eigenvalue weighted by molar-refractivity contribution is 5.86. The molecule has 140 valence electrons. The molecular formula is C21H23N3O3. The summed E-state index contributed by atoms with van der Waals surface area (Å²) in [4.78, 5) is 28.2. The zero-order valence-corrected chi connectivity index (χ0v) is 15.9. The molecule has 2 N–H and O–H groups in total. The topological polar surface area (TPSA) is 83.7 Å². The third kappa shape index (κ3) is 3.69. The molecule has 3 aromatic rings. The molecule has 27 heavy (non-hydrogen) atoms. The Kier molecular flexibility index (Phi) is 4.99. The van der Waals surface area contributed by atoms with Crippen molar-refractivity contribution in [2.24, 2.45) is 0 Å². The first-order valence-corrected chi connectivity index (χ1v) is 8.84. The van der Waals surface area contributed by atoms with E-state index in [1.807, 2.05) is 48.7 Å². The largest absolute Gasteiger partial charge is 0.480 e. The Bertz CT molecular complexity index is 1040. The molecule has 1 aromatic carbocycles. The summed E-state index contributed by atoms with van der Waals surface area (Å²) < 4.78 is 1.91. The number of imidazole rings is 1. The van der Waals surface area contributed by atoms with Gasteiger partial charge in [0.2, 0.25) is 5.91 Å². The molecule has 0 fully saturated rings. The van der Waals surface area contributed by atoms with Crippen LogP contribution in [0.2, 0.25) is 0 Å². The molecule has 0 spiro atoms. The van der Waals surface area contributed by atoms with Crippen LogP contribution in [0.15, 0.2) is 36.5 Å². The SMILES string of the molecule is Cc1ccc(-c2nc3c(C)cccn3c2CC(=O)NC(C)C(=O)O)cc1C. The van der Waals surface area contributed by atoms with Crippen LogP contribution in [-0.2, 0) is 16.0 Å². The summed E-state index contributed by atoms with van der Waals surface area (Å²) in [5.74, 6) is -1.41. The molecule has 2 aromatic heterocycles. The van der Waals surface area contributed by atoms with Gasteiger partial charge in [-0.15, -0.1) is 0 Å². The maximum absolute atomic E-state index is 12.4. The van der Waals surface area contributed by atoms with E-state index in [2.05, 4.69) is 18.3 Å². The predicted octanol–water partition coefficient (Wildman–Crippen LogP) is 3.06. The Morgan fingerprint density at radius 1 is 1.15 bits per heavy atom. The van der Waals surface area contributed by atoms with Crippen LogP contribution in [-0.4, -0.2) is 32.4 Å². The third-order valence-electron chi connectivity index (χ3n) is 4.80. The number of carbonyl (C=O) groups is 2. The molecule has 0 aliphatic heterocycles. The zero-order chi connectivity index (χ0) is 19.7. The summed E-state index contributed by atoms with van der Waals surface area (Å²) in [6.45, 7) is 7.52. The normalized spacial score (nSPS) is 12.1. The predicted molar refractivity (Wildman–Crippen MR) is 104 cm³/mol. The van der Waals surface area contributed by atoms with Gasteiger partial charge in [-0.1, -0.05) is 18.2 Å². The number of nitrogens with zero attached hydrogens (tertiary/aromatic N) is 2. The van der Waals surface area contributed by atoms with Crippen molar-refractivity contribution < 1.29 is 14.7 Å². The Morgan fingerprint density at radius 3 is 2.56 bits per heavy atom. The highest BCUT2D eigenvalue weighted by Crippen LogP contribution is 2.28. The first-order valence-electron chi connectivity index (χ1n) is 8.84. The minimum atomic E-state index is -1.06. The van der Waals surface area contributed by atoms with E-state index in [1.54, 1.807) is 0 Å². The molecule has 3 rings (SSSR count). The molecule has 0 bridgehead atoms. The number of pyridine rings is 1. The summed E-state index contributed by atoms with van der Waals surface area (Å²) in [5.41, 5.74) is 6.56. The standard InChI is InChI=1S/C21H23N3O3/c1-12-7-8-16(10-14(12)3)19-17(11-18(25)22-15(4)21(26)27)24-9-5-6-13(2)20(24)23-19/h5-10,15H,11H2,1-4H3,(H,22,25)(H,26,27). The number of aromatic nitrogens is 2. The second-order valence-corrected chi connectivity index (χ2v) is 6.90. The van der Waals surface area contributed by atoms with Crippen molar-refractivity contribution >= 4 is 17.5 Å². The Labute approximate surface area is 157 Å². The molecule has 0 saturated heterocycles. The lowest BCUT2D eigenvalue weighted by molar-refractivity contribution is -0.141. The van der Waals surface area contributed by atoms with Crippen molar-refractivity contribution in [1.29, 1.82) is 0 Å². The lowest BCUT2D eigenvalue weighted by Crippen LogP contribution is -2.39. The van der Waals surface area contributed by atoms with E-state index >= 15 is 0 Å². The van der Waals surface area contributed by atoms with E-state index < -0.39 is 12.0 Å². The fraction of sp³-hybridized carbons (Fsp3) is 0.286. The van der Waals surface area contributed by atoms with Crippen LogP contribution in [0.1, 0.15) is 29.3 Å². The number of rotatable bonds is 5. The molecule has 1 amide bonds. The van der Waals surface area contributed by atoms with Gasteiger partial charge >= 0.3 is 5.97 Å². The average molecular weight is 365 g/mol. The number of aliphatic carboxylic acids is 1. The van der Waals surface area contributed by atoms with Crippen molar-refractivity contribution in [1.82, 2.24) is 14.7 Å². The van der Waals surface area contributed by atoms with E-state index in [0.717, 1.165) is 33.7 Å². The number of benzene rings is 1. The maximum atomic E-state index is 12.4. The summed E-state index contributed by atoms with van der Waals surface area (Å²) >= 11 is 0. The number of nitrogens with one attached hydrogen (secondary N) is 1. The molecule has 2 heterocycles. The molecule has 1 atom stereocenters. The van der Waals surface area contributed by atoms with Gasteiger partial charge in [-0.25, -0.2) is 4.98 Å². The van der Waals surface area contributed by atoms with E-state index in [0.29, 0.717) is 0 Å². The number of hydrogen-bond acceptors (Lipinski definition) is 3. The highest BCUT2D eigenvalue weighted by atomic mass is 16.4. The van der Waals surface area contributed by atoms with Gasteiger partial charge in [0.05, 0.1) is 17.8 Å². The van der Waals surface area contributed by atoms with Gasteiger partial charge < -0.3 is 14.8 Å². The van der Waals surface area contributed by atoms with Crippen molar-refractivity contribution in [2.75, 3.05) is 0 Å². The van der Waals surface area contributed by atoms with Gasteiger partial charge in [-0.3, -0.25) is 9.59 Å². The van der Waals surface area contributed by atoms with Crippen LogP contribution in [0, 0.1) is 20.8 Å². The smallest absolute Gasteiger partial charge is 0.325 e. The fourth-order valence-corrected chi connectivity index (χ4v) is 3.05. The number of hydrogen-bond donors (Lipinski definition) is 2. The molecule has 0 saturated carbocycles. The second-order valence-electron chi connectivity index (χ2n) is 6.90. The first-order chi connectivity index (χ1) is 12.8. The van der Waals surface area contributed by atoms with Crippen molar-refractivity contribution in [3.8, 4) is 11.3 Å². The fourth-order valence-electron chi connectivity index (χ4n) is 3.05. The number of carboxylic acid groups (broad SMARTS) is 1. The molecule has 6 nitrogen and oxygen atoms in total. The highest BCUT2D eigenvalue weighted by Gasteiger charge is 2.20. The monoisotopic (exact) mass is 365 g/mol. The van der Waals surface area contributed by atoms with E-state index in [-0.39, 0.29) is 12.3 Å². The quantitative estimate of drug-likeness (QED) is 0.728. The van der Waals surface area contributed by atoms with Crippen LogP contribution >= 0.6 is 0 Å². The Hall–Kier alpha value is -3.15. The van der Waals surface area contributed by atoms with Gasteiger partial charge in [-0.2, -0.15) is 0 Å². The van der Waals surface area contributed by atoms with Gasteiger partial charge in [-0.05, 0) is 56.5 Å². The lowest BCUT2D eigenvalue weighted by Gasteiger charge is -2.11. The summed E-state index contributed by atoms with van der Waals surface area (Å²) in [6.07, 6.45) is 1.92. The minimum Gasteiger partial charge on any atom is -0.480 e. The van der Waals surface area contributed by atoms with E-state index in [9.17, 15) is 9.59 Å². The summed E-state index contributed by atoms with van der Waals surface area (Å²) in [7, 11) is 0. The average Bonchev–Trinajstić information content (AvgIpc) is 2.97. The number of carboxylic acids is 1. The number of aryl methyl sites for hydroxylation is 3. The van der Waals surface area contributed by atoms with E-state index in [4.69, 9.17) is 10.1 Å². The molecule has 0 aliphatic carbocycles. The van der Waals surface area contributed by atoms with Crippen LogP contribution in [0.5, 0.6) is 0 Å². The van der Waals surface area contributed by atoms with Crippen molar-refractivity contribution in [3.63, 3.8) is 0 Å². The van der Waals surface area contributed by atoms with Crippen LogP contribution < -0.4 is 5.32 Å². The van der Waals surface area contributed by atoms with Crippen molar-refractivity contribution in [3.05, 3.63) is 58.9 Å². The number of amides is 1. The Morgan fingerprint density at radius 2 is 1.89 bits per heavy atom. The van der Waals surface area contributed by atoms with Gasteiger partial charge in [0.25, 0.3) is 0 Å². The summed E-state index contributed by atoms with van der Waals surface area (Å²) in [6, 6.07) is 9.05. The van der Waals surface area contributed by atoms with Gasteiger partial charge in [0, 0.05) is 11.8 Å². The molecular weight excluding hydrogens is 342 g/mol. The maximum Gasteiger partial charge on any atom is 0.325 e. The molecule has 0 radical (unpaired) electrons. The van der Waals surface area contributed by atoms with Gasteiger partial charge in [0.15, 0.2) is 0 Å². The van der Waals surface area contributed by atoms with Crippen LogP contribution in [0.25, 0.3) is 16.9 Å². The van der Waals surface area contributed by atoms with Crippen LogP contribution in [0.4, 0.5) is 0 Å². The minimum absolute atomic E-state index is 0.0461. The second kappa shape index (κ2) is 7.23. The van der Waals surface area contributed by atoms with Crippen molar-refractivity contribution in [2.45, 2.75) is 40.2 Å². The first kappa shape index (κ1) is 18.6.